The quantitative estimate of drug-likeness (QED) is 0.152. The van der Waals surface area contributed by atoms with Crippen molar-refractivity contribution in [2.75, 3.05) is 0 Å². The lowest BCUT2D eigenvalue weighted by Gasteiger charge is -2.16. The zero-order valence-corrected chi connectivity index (χ0v) is 40.0. The average Bonchev–Trinajstić information content (AvgIpc) is 4.26. The van der Waals surface area contributed by atoms with Crippen LogP contribution >= 0.6 is 0 Å². The van der Waals surface area contributed by atoms with Crippen LogP contribution in [0.25, 0.3) is 139 Å². The Morgan fingerprint density at radius 3 is 1.49 bits per heavy atom. The number of fused-ring (bicyclic) bond motifs is 9. The van der Waals surface area contributed by atoms with E-state index in [1.807, 2.05) is 0 Å². The van der Waals surface area contributed by atoms with Crippen LogP contribution in [0.15, 0.2) is 265 Å². The van der Waals surface area contributed by atoms with Gasteiger partial charge >= 0.3 is 0 Å². The van der Waals surface area contributed by atoms with E-state index in [2.05, 4.69) is 275 Å². The lowest BCUT2D eigenvalue weighted by molar-refractivity contribution is 0.670. The van der Waals surface area contributed by atoms with Crippen molar-refractivity contribution in [3.05, 3.63) is 261 Å². The molecule has 15 rings (SSSR count). The van der Waals surface area contributed by atoms with Crippen LogP contribution in [0.5, 0.6) is 0 Å². The van der Waals surface area contributed by atoms with Gasteiger partial charge in [-0.05, 0) is 95.1 Å². The van der Waals surface area contributed by atoms with Gasteiger partial charge in [0.1, 0.15) is 22.8 Å². The maximum Gasteiger partial charge on any atom is 0.149 e. The highest BCUT2D eigenvalue weighted by Gasteiger charge is 2.27. The molecule has 0 aliphatic heterocycles. The van der Waals surface area contributed by atoms with Gasteiger partial charge < -0.3 is 8.98 Å². The molecule has 11 aromatic carbocycles. The van der Waals surface area contributed by atoms with Gasteiger partial charge in [-0.15, -0.1) is 0 Å². The third-order valence-corrected chi connectivity index (χ3v) is 14.7. The lowest BCUT2D eigenvalue weighted by Crippen LogP contribution is -2.02. The molecule has 4 heterocycles. The molecule has 6 nitrogen and oxygen atoms in total. The van der Waals surface area contributed by atoms with Gasteiger partial charge in [-0.2, -0.15) is 0 Å². The molecule has 0 atom stereocenters. The molecule has 0 amide bonds. The Morgan fingerprint density at radius 2 is 0.824 bits per heavy atom. The monoisotopic (exact) mass is 945 g/mol. The maximum atomic E-state index is 7.30. The molecule has 0 unspecified atom stereocenters. The number of hydrogen-bond donors (Lipinski definition) is 0. The minimum absolute atomic E-state index is 0.786. The molecule has 0 aliphatic carbocycles. The van der Waals surface area contributed by atoms with Gasteiger partial charge in [-0.1, -0.05) is 188 Å². The summed E-state index contributed by atoms with van der Waals surface area (Å²) in [6.45, 7) is 0. The van der Waals surface area contributed by atoms with Crippen molar-refractivity contribution >= 4 is 65.8 Å². The summed E-state index contributed by atoms with van der Waals surface area (Å²) in [6, 6.07) is 92.5. The van der Waals surface area contributed by atoms with E-state index in [-0.39, 0.29) is 0 Å². The predicted molar refractivity (Wildman–Crippen MR) is 304 cm³/mol. The van der Waals surface area contributed by atoms with Gasteiger partial charge in [0.05, 0.1) is 50.0 Å². The summed E-state index contributed by atoms with van der Waals surface area (Å²) in [4.78, 5) is 11.0. The molecule has 0 saturated heterocycles. The Kier molecular flexibility index (Phi) is 9.47. The summed E-state index contributed by atoms with van der Waals surface area (Å²) in [5.41, 5.74) is 19.3. The second-order valence-electron chi connectivity index (χ2n) is 18.9. The van der Waals surface area contributed by atoms with Crippen molar-refractivity contribution < 1.29 is 4.42 Å². The summed E-state index contributed by atoms with van der Waals surface area (Å²) in [6.07, 6.45) is 0. The van der Waals surface area contributed by atoms with Crippen molar-refractivity contribution in [2.24, 2.45) is 0 Å². The molecule has 0 aliphatic rings. The first-order chi connectivity index (χ1) is 36.7. The summed E-state index contributed by atoms with van der Waals surface area (Å²) < 4.78 is 14.4. The van der Waals surface area contributed by atoms with Crippen LogP contribution in [-0.2, 0) is 0 Å². The second kappa shape index (κ2) is 16.8. The molecule has 4 aromatic heterocycles. The molecule has 0 saturated carbocycles. The molecule has 0 bridgehead atoms. The summed E-state index contributed by atoms with van der Waals surface area (Å²) in [5, 5.41) is 4.34. The Labute approximate surface area is 425 Å². The highest BCUT2D eigenvalue weighted by atomic mass is 16.3. The Balaban J connectivity index is 1.03. The molecule has 6 heteroatoms. The number of aromatic nitrogens is 5. The van der Waals surface area contributed by atoms with Crippen LogP contribution in [0.1, 0.15) is 0 Å². The summed E-state index contributed by atoms with van der Waals surface area (Å²) in [5.74, 6) is 1.65. The number of para-hydroxylation sites is 7. The van der Waals surface area contributed by atoms with E-state index < -0.39 is 0 Å². The number of nitrogens with zero attached hydrogens (tertiary/aromatic N) is 5. The summed E-state index contributed by atoms with van der Waals surface area (Å²) >= 11 is 0. The maximum absolute atomic E-state index is 7.30. The largest absolute Gasteiger partial charge is 0.455 e. The minimum Gasteiger partial charge on any atom is -0.455 e. The van der Waals surface area contributed by atoms with Gasteiger partial charge in [0.15, 0.2) is 0 Å². The van der Waals surface area contributed by atoms with Crippen LogP contribution in [0.4, 0.5) is 0 Å². The van der Waals surface area contributed by atoms with Crippen LogP contribution in [-0.4, -0.2) is 23.7 Å². The topological polar surface area (TPSA) is 53.7 Å². The Morgan fingerprint density at radius 1 is 0.297 bits per heavy atom. The zero-order chi connectivity index (χ0) is 48.7. The first-order valence-corrected chi connectivity index (χ1v) is 25.1. The number of imidazole rings is 2. The van der Waals surface area contributed by atoms with E-state index >= 15 is 0 Å². The highest BCUT2D eigenvalue weighted by molar-refractivity contribution is 6.30. The van der Waals surface area contributed by atoms with Crippen molar-refractivity contribution in [3.8, 4) is 73.2 Å². The standard InChI is InChI=1S/C68H43N5O/c1-4-21-44(22-5-1)47-39-40-53-63(42-47)74-66-54(68-70-56-33-14-19-38-61(56)73(68)58-35-16-11-30-51(58)46-25-8-3-9-26-46)43-62-64(65(53)66)52-31-12-17-36-59(52)71(62)49-28-20-27-48(41-49)67-69-55-32-13-18-37-60(55)72(67)57-34-15-10-29-50(57)45-23-6-2-7-24-45/h1-43H. The molecule has 0 radical (unpaired) electrons. The third-order valence-electron chi connectivity index (χ3n) is 14.7. The van der Waals surface area contributed by atoms with Crippen molar-refractivity contribution in [2.45, 2.75) is 0 Å². The fraction of sp³-hybridized carbons (Fsp3) is 0. The minimum atomic E-state index is 0.786. The molecule has 0 fully saturated rings. The van der Waals surface area contributed by atoms with E-state index in [0.717, 1.165) is 139 Å². The van der Waals surface area contributed by atoms with Crippen LogP contribution in [0.2, 0.25) is 0 Å². The van der Waals surface area contributed by atoms with Crippen molar-refractivity contribution in [1.82, 2.24) is 23.7 Å². The highest BCUT2D eigenvalue weighted by Crippen LogP contribution is 2.48. The van der Waals surface area contributed by atoms with E-state index in [4.69, 9.17) is 14.4 Å². The number of rotatable bonds is 8. The summed E-state index contributed by atoms with van der Waals surface area (Å²) in [7, 11) is 0. The second-order valence-corrected chi connectivity index (χ2v) is 18.9. The van der Waals surface area contributed by atoms with Gasteiger partial charge in [0.2, 0.25) is 0 Å². The molecular weight excluding hydrogens is 903 g/mol. The molecule has 346 valence electrons. The van der Waals surface area contributed by atoms with E-state index in [9.17, 15) is 0 Å². The molecule has 15 aromatic rings. The SMILES string of the molecule is c1ccc(-c2ccc3c(c2)oc2c(-c4nc5ccccc5n4-c4ccccc4-c4ccccc4)cc4c(c5ccccc5n4-c4cccc(-c5nc6ccccc6n5-c5ccccc5-c5ccccc5)c4)c23)cc1. The first kappa shape index (κ1) is 41.7. The molecule has 0 spiro atoms. The van der Waals surface area contributed by atoms with E-state index in [0.29, 0.717) is 0 Å². The fourth-order valence-corrected chi connectivity index (χ4v) is 11.4. The zero-order valence-electron chi connectivity index (χ0n) is 40.0. The average molecular weight is 946 g/mol. The Hall–Kier alpha value is -10.0. The number of hydrogen-bond acceptors (Lipinski definition) is 3. The fourth-order valence-electron chi connectivity index (χ4n) is 11.4. The van der Waals surface area contributed by atoms with Crippen LogP contribution in [0.3, 0.4) is 0 Å². The van der Waals surface area contributed by atoms with Crippen molar-refractivity contribution in [3.63, 3.8) is 0 Å². The normalized spacial score (nSPS) is 11.8. The van der Waals surface area contributed by atoms with E-state index in [1.165, 1.54) is 0 Å². The van der Waals surface area contributed by atoms with Gasteiger partial charge in [0, 0.05) is 43.9 Å². The van der Waals surface area contributed by atoms with Crippen LogP contribution in [0, 0.1) is 0 Å². The molecule has 0 N–H and O–H groups in total. The number of benzene rings is 11. The van der Waals surface area contributed by atoms with Crippen LogP contribution < -0.4 is 0 Å². The smallest absolute Gasteiger partial charge is 0.149 e. The molecular formula is C68H43N5O. The van der Waals surface area contributed by atoms with E-state index in [1.54, 1.807) is 0 Å². The van der Waals surface area contributed by atoms with Gasteiger partial charge in [-0.3, -0.25) is 9.13 Å². The Bertz CT molecular complexity index is 4660. The molecule has 74 heavy (non-hydrogen) atoms. The first-order valence-electron chi connectivity index (χ1n) is 25.1. The van der Waals surface area contributed by atoms with Gasteiger partial charge in [-0.25, -0.2) is 9.97 Å². The third kappa shape index (κ3) is 6.52. The predicted octanol–water partition coefficient (Wildman–Crippen LogP) is 17.7. The number of furan rings is 1. The van der Waals surface area contributed by atoms with Crippen molar-refractivity contribution in [1.29, 1.82) is 0 Å². The van der Waals surface area contributed by atoms with Gasteiger partial charge in [0.25, 0.3) is 0 Å². The lowest BCUT2D eigenvalue weighted by atomic mass is 9.99.